The first-order chi connectivity index (χ1) is 5.43. The van der Waals surface area contributed by atoms with Gasteiger partial charge in [-0.05, 0) is 18.6 Å². The first-order valence-electron chi connectivity index (χ1n) is 3.19. The molecule has 0 atom stereocenters. The molecule has 0 spiro atoms. The Balaban J connectivity index is 3.53. The summed E-state index contributed by atoms with van der Waals surface area (Å²) in [6.07, 6.45) is 0. The quantitative estimate of drug-likeness (QED) is 0.643. The molecule has 0 fully saturated rings. The molecule has 0 aliphatic rings. The summed E-state index contributed by atoms with van der Waals surface area (Å²) < 4.78 is 30.0. The molecule has 1 aromatic rings. The zero-order valence-electron chi connectivity index (χ0n) is 6.35. The Morgan fingerprint density at radius 1 is 1.33 bits per heavy atom. The Bertz CT molecular complexity index is 374. The van der Waals surface area contributed by atoms with Gasteiger partial charge in [0.15, 0.2) is 0 Å². The van der Waals surface area contributed by atoms with E-state index in [1.807, 2.05) is 0 Å². The predicted octanol–water partition coefficient (Wildman–Crippen LogP) is 0.947. The van der Waals surface area contributed by atoms with Gasteiger partial charge in [-0.3, -0.25) is 4.55 Å². The second-order valence-corrected chi connectivity index (χ2v) is 3.76. The van der Waals surface area contributed by atoms with E-state index in [0.717, 1.165) is 0 Å². The second-order valence-electron chi connectivity index (χ2n) is 2.40. The molecule has 12 heavy (non-hydrogen) atoms. The third kappa shape index (κ3) is 1.57. The Hall–Kier alpha value is -1.07. The van der Waals surface area contributed by atoms with Crippen LogP contribution < -0.4 is 0 Å². The van der Waals surface area contributed by atoms with E-state index in [2.05, 4.69) is 0 Å². The molecule has 0 saturated heterocycles. The lowest BCUT2D eigenvalue weighted by Crippen LogP contribution is -2.00. The number of hydrogen-bond donors (Lipinski definition) is 2. The first-order valence-corrected chi connectivity index (χ1v) is 4.63. The summed E-state index contributed by atoms with van der Waals surface area (Å²) in [7, 11) is -4.31. The maximum atomic E-state index is 10.7. The molecule has 0 heterocycles. The van der Waals surface area contributed by atoms with Crippen molar-refractivity contribution in [1.29, 1.82) is 0 Å². The van der Waals surface area contributed by atoms with Crippen molar-refractivity contribution < 1.29 is 18.1 Å². The second kappa shape index (κ2) is 2.76. The molecule has 0 aliphatic heterocycles. The van der Waals surface area contributed by atoms with Crippen molar-refractivity contribution in [1.82, 2.24) is 0 Å². The first kappa shape index (κ1) is 9.02. The van der Waals surface area contributed by atoms with Crippen LogP contribution in [0.3, 0.4) is 0 Å². The normalized spacial score (nSPS) is 11.5. The third-order valence-electron chi connectivity index (χ3n) is 1.45. The van der Waals surface area contributed by atoms with E-state index in [-0.39, 0.29) is 0 Å². The average Bonchev–Trinajstić information content (AvgIpc) is 1.82. The number of phenols is 1. The summed E-state index contributed by atoms with van der Waals surface area (Å²) in [5.41, 5.74) is 0.317. The molecule has 2 N–H and O–H groups in total. The highest BCUT2D eigenvalue weighted by atomic mass is 32.2. The summed E-state index contributed by atoms with van der Waals surface area (Å²) >= 11 is 0. The van der Waals surface area contributed by atoms with E-state index in [1.165, 1.54) is 25.1 Å². The van der Waals surface area contributed by atoms with E-state index in [1.54, 1.807) is 0 Å². The van der Waals surface area contributed by atoms with E-state index < -0.39 is 20.8 Å². The number of rotatable bonds is 1. The molecule has 0 aliphatic carbocycles. The van der Waals surface area contributed by atoms with Crippen LogP contribution in [0.1, 0.15) is 5.56 Å². The Kier molecular flexibility index (Phi) is 2.08. The van der Waals surface area contributed by atoms with Gasteiger partial charge in [-0.2, -0.15) is 8.42 Å². The van der Waals surface area contributed by atoms with Crippen LogP contribution in [0, 0.1) is 6.92 Å². The average molecular weight is 188 g/mol. The minimum atomic E-state index is -4.31. The number of hydrogen-bond acceptors (Lipinski definition) is 3. The maximum Gasteiger partial charge on any atom is 0.298 e. The minimum absolute atomic E-state index is 0.317. The topological polar surface area (TPSA) is 74.6 Å². The van der Waals surface area contributed by atoms with E-state index in [4.69, 9.17) is 9.66 Å². The monoisotopic (exact) mass is 188 g/mol. The third-order valence-corrected chi connectivity index (χ3v) is 2.50. The van der Waals surface area contributed by atoms with Crippen LogP contribution in [0.2, 0.25) is 0 Å². The highest BCUT2D eigenvalue weighted by molar-refractivity contribution is 7.86. The van der Waals surface area contributed by atoms with Crippen molar-refractivity contribution in [3.63, 3.8) is 0 Å². The maximum absolute atomic E-state index is 10.7. The van der Waals surface area contributed by atoms with Gasteiger partial charge in [0.1, 0.15) is 10.6 Å². The van der Waals surface area contributed by atoms with Gasteiger partial charge in [0.2, 0.25) is 0 Å². The summed E-state index contributed by atoms with van der Waals surface area (Å²) in [5, 5.41) is 9.09. The number of phenolic OH excluding ortho intramolecular Hbond substituents is 1. The van der Waals surface area contributed by atoms with Crippen molar-refractivity contribution in [3.05, 3.63) is 23.8 Å². The fourth-order valence-corrected chi connectivity index (χ4v) is 1.78. The smallest absolute Gasteiger partial charge is 0.298 e. The van der Waals surface area contributed by atoms with Crippen molar-refractivity contribution in [2.24, 2.45) is 0 Å². The lowest BCUT2D eigenvalue weighted by molar-refractivity contribution is 0.442. The zero-order valence-corrected chi connectivity index (χ0v) is 7.17. The molecule has 0 aromatic heterocycles. The van der Waals surface area contributed by atoms with Gasteiger partial charge in [0, 0.05) is 0 Å². The molecular formula is C7H8O4S. The zero-order chi connectivity index (χ0) is 9.35. The lowest BCUT2D eigenvalue weighted by Gasteiger charge is -2.03. The number of aryl methyl sites for hydroxylation is 1. The largest absolute Gasteiger partial charge is 0.506 e. The molecular weight excluding hydrogens is 180 g/mol. The van der Waals surface area contributed by atoms with Gasteiger partial charge in [-0.15, -0.1) is 0 Å². The molecule has 1 rings (SSSR count). The summed E-state index contributed by atoms with van der Waals surface area (Å²) in [6.45, 7) is 1.49. The Labute approximate surface area is 70.2 Å². The lowest BCUT2D eigenvalue weighted by atomic mass is 10.2. The molecule has 0 radical (unpaired) electrons. The predicted molar refractivity (Wildman–Crippen MR) is 42.7 cm³/mol. The molecule has 0 unspecified atom stereocenters. The van der Waals surface area contributed by atoms with Gasteiger partial charge in [0.05, 0.1) is 0 Å². The SMILES string of the molecule is Cc1cccc(O)c1S(=O)(=O)O. The van der Waals surface area contributed by atoms with Gasteiger partial charge in [-0.25, -0.2) is 0 Å². The van der Waals surface area contributed by atoms with Crippen LogP contribution in [0.15, 0.2) is 23.1 Å². The molecule has 0 bridgehead atoms. The summed E-state index contributed by atoms with van der Waals surface area (Å²) in [4.78, 5) is -0.426. The van der Waals surface area contributed by atoms with Crippen LogP contribution in [0.25, 0.3) is 0 Å². The fourth-order valence-electron chi connectivity index (χ4n) is 0.973. The van der Waals surface area contributed by atoms with Crippen molar-refractivity contribution in [2.75, 3.05) is 0 Å². The molecule has 1 aromatic carbocycles. The number of aromatic hydroxyl groups is 1. The standard InChI is InChI=1S/C7H8O4S/c1-5-3-2-4-6(8)7(5)12(9,10)11/h2-4,8H,1H3,(H,9,10,11). The highest BCUT2D eigenvalue weighted by Crippen LogP contribution is 2.24. The van der Waals surface area contributed by atoms with Crippen LogP contribution in [0.4, 0.5) is 0 Å². The highest BCUT2D eigenvalue weighted by Gasteiger charge is 2.17. The molecule has 5 heteroatoms. The Morgan fingerprint density at radius 3 is 2.25 bits per heavy atom. The molecule has 0 saturated carbocycles. The molecule has 66 valence electrons. The summed E-state index contributed by atoms with van der Waals surface area (Å²) in [6, 6.07) is 4.19. The van der Waals surface area contributed by atoms with E-state index in [0.29, 0.717) is 5.56 Å². The van der Waals surface area contributed by atoms with Crippen LogP contribution in [-0.4, -0.2) is 18.1 Å². The van der Waals surface area contributed by atoms with Crippen molar-refractivity contribution >= 4 is 10.1 Å². The van der Waals surface area contributed by atoms with Crippen molar-refractivity contribution in [2.45, 2.75) is 11.8 Å². The minimum Gasteiger partial charge on any atom is -0.506 e. The van der Waals surface area contributed by atoms with Crippen LogP contribution in [-0.2, 0) is 10.1 Å². The van der Waals surface area contributed by atoms with E-state index in [9.17, 15) is 8.42 Å². The van der Waals surface area contributed by atoms with Gasteiger partial charge < -0.3 is 5.11 Å². The van der Waals surface area contributed by atoms with Crippen molar-refractivity contribution in [3.8, 4) is 5.75 Å². The Morgan fingerprint density at radius 2 is 1.92 bits per heavy atom. The van der Waals surface area contributed by atoms with Gasteiger partial charge in [-0.1, -0.05) is 12.1 Å². The van der Waals surface area contributed by atoms with Crippen LogP contribution in [0.5, 0.6) is 5.75 Å². The molecule has 0 amide bonds. The van der Waals surface area contributed by atoms with Crippen LogP contribution >= 0.6 is 0 Å². The molecule has 4 nitrogen and oxygen atoms in total. The van der Waals surface area contributed by atoms with Gasteiger partial charge >= 0.3 is 0 Å². The fraction of sp³-hybridized carbons (Fsp3) is 0.143. The summed E-state index contributed by atoms with van der Waals surface area (Å²) in [5.74, 6) is -0.433. The number of benzene rings is 1. The van der Waals surface area contributed by atoms with Gasteiger partial charge in [0.25, 0.3) is 10.1 Å². The van der Waals surface area contributed by atoms with E-state index >= 15 is 0 Å².